The number of ether oxygens (including phenoxy) is 2. The molecular formula is C23H18O5. The van der Waals surface area contributed by atoms with E-state index in [1.54, 1.807) is 48.5 Å². The molecule has 3 aromatic carbocycles. The fourth-order valence-corrected chi connectivity index (χ4v) is 2.73. The van der Waals surface area contributed by atoms with Crippen LogP contribution in [-0.4, -0.2) is 17.7 Å². The lowest BCUT2D eigenvalue weighted by atomic mass is 9.99. The molecule has 0 bridgehead atoms. The normalized spacial score (nSPS) is 10.2. The van der Waals surface area contributed by atoms with Gasteiger partial charge in [-0.25, -0.2) is 0 Å². The molecule has 0 saturated heterocycles. The summed E-state index contributed by atoms with van der Waals surface area (Å²) in [6.07, 6.45) is 0. The number of carbonyl (C=O) groups is 3. The lowest BCUT2D eigenvalue weighted by Crippen LogP contribution is -2.04. The third kappa shape index (κ3) is 4.71. The summed E-state index contributed by atoms with van der Waals surface area (Å²) in [6.45, 7) is 2.66. The predicted octanol–water partition coefficient (Wildman–Crippen LogP) is 4.44. The molecule has 3 aromatic rings. The average Bonchev–Trinajstić information content (AvgIpc) is 2.67. The van der Waals surface area contributed by atoms with Crippen molar-refractivity contribution in [1.82, 2.24) is 0 Å². The van der Waals surface area contributed by atoms with Crippen LogP contribution in [0.3, 0.4) is 0 Å². The molecule has 28 heavy (non-hydrogen) atoms. The van der Waals surface area contributed by atoms with Crippen LogP contribution < -0.4 is 9.47 Å². The van der Waals surface area contributed by atoms with Gasteiger partial charge in [-0.1, -0.05) is 48.5 Å². The zero-order valence-electron chi connectivity index (χ0n) is 15.5. The Bertz CT molecular complexity index is 1020. The zero-order valence-corrected chi connectivity index (χ0v) is 15.5. The fourth-order valence-electron chi connectivity index (χ4n) is 2.73. The summed E-state index contributed by atoms with van der Waals surface area (Å²) in [6, 6.07) is 20.8. The van der Waals surface area contributed by atoms with E-state index in [9.17, 15) is 14.4 Å². The van der Waals surface area contributed by atoms with E-state index in [0.717, 1.165) is 11.1 Å². The van der Waals surface area contributed by atoms with E-state index in [1.807, 2.05) is 24.3 Å². The topological polar surface area (TPSA) is 69.7 Å². The Morgan fingerprint density at radius 3 is 1.71 bits per heavy atom. The SMILES string of the molecule is CC(=O)Oc1ccc(-c2ccc(C(=O)c3cccc(OC(C)=O)c3)cc2)cc1. The summed E-state index contributed by atoms with van der Waals surface area (Å²) in [5, 5.41) is 0. The minimum absolute atomic E-state index is 0.161. The average molecular weight is 374 g/mol. The van der Waals surface area contributed by atoms with Crippen LogP contribution in [0.25, 0.3) is 11.1 Å². The van der Waals surface area contributed by atoms with Crippen molar-refractivity contribution in [2.45, 2.75) is 13.8 Å². The highest BCUT2D eigenvalue weighted by molar-refractivity contribution is 6.09. The molecule has 3 rings (SSSR count). The second-order valence-corrected chi connectivity index (χ2v) is 6.15. The largest absolute Gasteiger partial charge is 0.427 e. The van der Waals surface area contributed by atoms with Gasteiger partial charge in [-0.05, 0) is 35.4 Å². The number of carbonyl (C=O) groups excluding carboxylic acids is 3. The number of hydrogen-bond donors (Lipinski definition) is 0. The number of esters is 2. The minimum atomic E-state index is -0.436. The molecule has 140 valence electrons. The first kappa shape index (κ1) is 19.0. The van der Waals surface area contributed by atoms with Gasteiger partial charge in [0.2, 0.25) is 0 Å². The molecular weight excluding hydrogens is 356 g/mol. The predicted molar refractivity (Wildman–Crippen MR) is 104 cm³/mol. The monoisotopic (exact) mass is 374 g/mol. The Morgan fingerprint density at radius 1 is 0.607 bits per heavy atom. The van der Waals surface area contributed by atoms with E-state index in [4.69, 9.17) is 9.47 Å². The van der Waals surface area contributed by atoms with E-state index in [0.29, 0.717) is 22.6 Å². The number of hydrogen-bond acceptors (Lipinski definition) is 5. The fraction of sp³-hybridized carbons (Fsp3) is 0.0870. The van der Waals surface area contributed by atoms with Gasteiger partial charge in [0.25, 0.3) is 0 Å². The van der Waals surface area contributed by atoms with Crippen molar-refractivity contribution in [3.05, 3.63) is 83.9 Å². The maximum absolute atomic E-state index is 12.7. The van der Waals surface area contributed by atoms with Gasteiger partial charge in [0, 0.05) is 25.0 Å². The van der Waals surface area contributed by atoms with E-state index >= 15 is 0 Å². The quantitative estimate of drug-likeness (QED) is 0.375. The van der Waals surface area contributed by atoms with Crippen LogP contribution in [0.2, 0.25) is 0 Å². The van der Waals surface area contributed by atoms with E-state index in [-0.39, 0.29) is 11.8 Å². The molecule has 0 fully saturated rings. The first-order valence-electron chi connectivity index (χ1n) is 8.64. The van der Waals surface area contributed by atoms with Gasteiger partial charge >= 0.3 is 11.9 Å². The van der Waals surface area contributed by atoms with Crippen LogP contribution in [0.1, 0.15) is 29.8 Å². The molecule has 0 aromatic heterocycles. The van der Waals surface area contributed by atoms with Crippen LogP contribution >= 0.6 is 0 Å². The highest BCUT2D eigenvalue weighted by atomic mass is 16.5. The lowest BCUT2D eigenvalue weighted by molar-refractivity contribution is -0.132. The molecule has 0 spiro atoms. The minimum Gasteiger partial charge on any atom is -0.427 e. The molecule has 5 heteroatoms. The zero-order chi connectivity index (χ0) is 20.1. The van der Waals surface area contributed by atoms with Gasteiger partial charge in [0.1, 0.15) is 11.5 Å². The lowest BCUT2D eigenvalue weighted by Gasteiger charge is -2.07. The van der Waals surface area contributed by atoms with Crippen molar-refractivity contribution in [2.75, 3.05) is 0 Å². The molecule has 0 unspecified atom stereocenters. The highest BCUT2D eigenvalue weighted by Gasteiger charge is 2.11. The van der Waals surface area contributed by atoms with Crippen LogP contribution in [0, 0.1) is 0 Å². The Labute approximate surface area is 162 Å². The van der Waals surface area contributed by atoms with E-state index in [2.05, 4.69) is 0 Å². The van der Waals surface area contributed by atoms with E-state index in [1.165, 1.54) is 13.8 Å². The van der Waals surface area contributed by atoms with Gasteiger partial charge in [0.15, 0.2) is 5.78 Å². The molecule has 0 aliphatic heterocycles. The molecule has 0 saturated carbocycles. The molecule has 0 amide bonds. The number of rotatable bonds is 5. The van der Waals surface area contributed by atoms with Crippen LogP contribution in [0.4, 0.5) is 0 Å². The molecule has 5 nitrogen and oxygen atoms in total. The standard InChI is InChI=1S/C23H18O5/c1-15(24)27-21-12-10-18(11-13-21)17-6-8-19(9-7-17)23(26)20-4-3-5-22(14-20)28-16(2)25/h3-14H,1-2H3. The maximum atomic E-state index is 12.7. The molecule has 0 aliphatic carbocycles. The highest BCUT2D eigenvalue weighted by Crippen LogP contribution is 2.24. The Morgan fingerprint density at radius 2 is 1.14 bits per heavy atom. The smallest absolute Gasteiger partial charge is 0.308 e. The van der Waals surface area contributed by atoms with Crippen molar-refractivity contribution in [1.29, 1.82) is 0 Å². The molecule has 0 heterocycles. The molecule has 0 N–H and O–H groups in total. The van der Waals surface area contributed by atoms with Crippen molar-refractivity contribution >= 4 is 17.7 Å². The van der Waals surface area contributed by atoms with Crippen molar-refractivity contribution in [2.24, 2.45) is 0 Å². The first-order chi connectivity index (χ1) is 13.4. The van der Waals surface area contributed by atoms with Gasteiger partial charge < -0.3 is 9.47 Å². The van der Waals surface area contributed by atoms with Gasteiger partial charge in [0.05, 0.1) is 0 Å². The van der Waals surface area contributed by atoms with Gasteiger partial charge in [-0.15, -0.1) is 0 Å². The summed E-state index contributed by atoms with van der Waals surface area (Å²) in [7, 11) is 0. The van der Waals surface area contributed by atoms with Crippen LogP contribution in [-0.2, 0) is 9.59 Å². The Kier molecular flexibility index (Phi) is 5.65. The van der Waals surface area contributed by atoms with E-state index < -0.39 is 5.97 Å². The van der Waals surface area contributed by atoms with Gasteiger partial charge in [-0.2, -0.15) is 0 Å². The second-order valence-electron chi connectivity index (χ2n) is 6.15. The Balaban J connectivity index is 1.77. The first-order valence-corrected chi connectivity index (χ1v) is 8.64. The maximum Gasteiger partial charge on any atom is 0.308 e. The third-order valence-corrected chi connectivity index (χ3v) is 3.95. The van der Waals surface area contributed by atoms with Crippen molar-refractivity contribution < 1.29 is 23.9 Å². The summed E-state index contributed by atoms with van der Waals surface area (Å²) < 4.78 is 10.1. The molecule has 0 aliphatic rings. The molecule has 0 atom stereocenters. The summed E-state index contributed by atoms with van der Waals surface area (Å²) >= 11 is 0. The van der Waals surface area contributed by atoms with Crippen molar-refractivity contribution in [3.8, 4) is 22.6 Å². The second kappa shape index (κ2) is 8.31. The summed E-state index contributed by atoms with van der Waals surface area (Å²) in [5.74, 6) is -0.147. The summed E-state index contributed by atoms with van der Waals surface area (Å²) in [5.41, 5.74) is 2.84. The van der Waals surface area contributed by atoms with Crippen LogP contribution in [0.15, 0.2) is 72.8 Å². The Hall–Kier alpha value is -3.73. The summed E-state index contributed by atoms with van der Waals surface area (Å²) in [4.78, 5) is 34.8. The number of benzene rings is 3. The third-order valence-electron chi connectivity index (χ3n) is 3.95. The number of ketones is 1. The molecule has 0 radical (unpaired) electrons. The van der Waals surface area contributed by atoms with Crippen LogP contribution in [0.5, 0.6) is 11.5 Å². The van der Waals surface area contributed by atoms with Crippen molar-refractivity contribution in [3.63, 3.8) is 0 Å². The van der Waals surface area contributed by atoms with Gasteiger partial charge in [-0.3, -0.25) is 14.4 Å².